The Labute approximate surface area is 67.9 Å². The predicted octanol–water partition coefficient (Wildman–Crippen LogP) is 1.39. The quantitative estimate of drug-likeness (QED) is 0.495. The molecule has 1 rings (SSSR count). The Morgan fingerprint density at radius 3 is 1.91 bits per heavy atom. The molecule has 0 radical (unpaired) electrons. The Hall–Kier alpha value is -0.660. The second-order valence-corrected chi connectivity index (χ2v) is 2.55. The summed E-state index contributed by atoms with van der Waals surface area (Å²) >= 11 is 0. The molecule has 0 aromatic heterocycles. The first-order valence-corrected chi connectivity index (χ1v) is 4.08. The van der Waals surface area contributed by atoms with E-state index in [1.54, 1.807) is 0 Å². The maximum Gasteiger partial charge on any atom is 0.231 e. The van der Waals surface area contributed by atoms with E-state index in [-0.39, 0.29) is 0 Å². The van der Waals surface area contributed by atoms with Gasteiger partial charge in [-0.15, -0.1) is 0 Å². The first kappa shape index (κ1) is 10.3. The Kier molecular flexibility index (Phi) is 5.71. The normalized spacial score (nSPS) is 15.2. The molecule has 0 aliphatic heterocycles. The highest BCUT2D eigenvalue weighted by molar-refractivity contribution is 5.26. The fourth-order valence-electron chi connectivity index (χ4n) is 1.18. The highest BCUT2D eigenvalue weighted by Crippen LogP contribution is 2.25. The van der Waals surface area contributed by atoms with E-state index in [1.807, 2.05) is 0 Å². The van der Waals surface area contributed by atoms with Crippen molar-refractivity contribution in [2.45, 2.75) is 32.7 Å². The number of nitrogens with one attached hydrogen (secondary N) is 1. The number of carbonyl (C=O) groups excluding carboxylic acids is 1. The third-order valence-corrected chi connectivity index (χ3v) is 1.88. The van der Waals surface area contributed by atoms with E-state index in [9.17, 15) is 0 Å². The number of hydrogen-bond acceptors (Lipinski definition) is 3. The smallest absolute Gasteiger partial charge is 0.231 e. The van der Waals surface area contributed by atoms with Gasteiger partial charge in [-0.3, -0.25) is 0 Å². The van der Waals surface area contributed by atoms with Gasteiger partial charge in [-0.05, 0) is 25.9 Å². The van der Waals surface area contributed by atoms with Crippen molar-refractivity contribution in [3.05, 3.63) is 0 Å². The largest absolute Gasteiger partial charge is 0.301 e. The number of hydrogen-bond donors (Lipinski definition) is 1. The topological polar surface area (TPSA) is 44.2 Å². The molecule has 11 heavy (non-hydrogen) atoms. The maximum atomic E-state index is 8.35. The summed E-state index contributed by atoms with van der Waals surface area (Å²) in [5, 5.41) is 5.40. The lowest BCUT2D eigenvalue weighted by molar-refractivity contribution is 0.293. The van der Waals surface area contributed by atoms with Gasteiger partial charge in [-0.25, -0.2) is 10.2 Å². The van der Waals surface area contributed by atoms with Crippen molar-refractivity contribution in [1.29, 1.82) is 5.41 Å². The summed E-state index contributed by atoms with van der Waals surface area (Å²) in [6.45, 7) is 6.95. The van der Waals surface area contributed by atoms with Crippen LogP contribution in [0.1, 0.15) is 26.7 Å². The Balaban J connectivity index is 0.000000292. The van der Waals surface area contributed by atoms with Crippen LogP contribution in [0.25, 0.3) is 0 Å². The van der Waals surface area contributed by atoms with E-state index in [4.69, 9.17) is 10.2 Å². The molecule has 0 aromatic rings. The zero-order valence-electron chi connectivity index (χ0n) is 7.26. The van der Waals surface area contributed by atoms with Crippen LogP contribution in [0.15, 0.2) is 0 Å². The van der Waals surface area contributed by atoms with Gasteiger partial charge in [0, 0.05) is 6.04 Å². The summed E-state index contributed by atoms with van der Waals surface area (Å²) in [5.74, 6) is 0. The lowest BCUT2D eigenvalue weighted by Crippen LogP contribution is -2.24. The van der Waals surface area contributed by atoms with Crippen molar-refractivity contribution < 1.29 is 4.79 Å². The molecule has 3 nitrogen and oxygen atoms in total. The Morgan fingerprint density at radius 1 is 1.45 bits per heavy atom. The fraction of sp³-hybridized carbons (Fsp3) is 0.875. The van der Waals surface area contributed by atoms with E-state index in [2.05, 4.69) is 18.7 Å². The van der Waals surface area contributed by atoms with Crippen LogP contribution in [0.4, 0.5) is 0 Å². The molecule has 1 aliphatic carbocycles. The molecular formula is C8H16N2O. The molecule has 0 bridgehead atoms. The van der Waals surface area contributed by atoms with Crippen LogP contribution in [-0.2, 0) is 4.79 Å². The van der Waals surface area contributed by atoms with Gasteiger partial charge in [-0.1, -0.05) is 13.8 Å². The van der Waals surface area contributed by atoms with Gasteiger partial charge < -0.3 is 4.90 Å². The second-order valence-electron chi connectivity index (χ2n) is 2.55. The zero-order valence-corrected chi connectivity index (χ0v) is 7.26. The Bertz CT molecular complexity index is 122. The van der Waals surface area contributed by atoms with Gasteiger partial charge in [0.15, 0.2) is 0 Å². The van der Waals surface area contributed by atoms with E-state index in [1.165, 1.54) is 25.9 Å². The van der Waals surface area contributed by atoms with Crippen LogP contribution >= 0.6 is 0 Å². The van der Waals surface area contributed by atoms with Gasteiger partial charge in [0.2, 0.25) is 6.08 Å². The molecule has 3 heteroatoms. The van der Waals surface area contributed by atoms with Crippen LogP contribution in [0.5, 0.6) is 0 Å². The van der Waals surface area contributed by atoms with Crippen LogP contribution in [0.3, 0.4) is 0 Å². The molecule has 0 unspecified atom stereocenters. The third-order valence-electron chi connectivity index (χ3n) is 1.88. The van der Waals surface area contributed by atoms with Crippen molar-refractivity contribution >= 4 is 6.08 Å². The van der Waals surface area contributed by atoms with Gasteiger partial charge in [-0.2, -0.15) is 0 Å². The zero-order chi connectivity index (χ0) is 8.69. The molecule has 0 amide bonds. The fourth-order valence-corrected chi connectivity index (χ4v) is 1.18. The molecule has 0 aromatic carbocycles. The van der Waals surface area contributed by atoms with E-state index in [0.717, 1.165) is 12.1 Å². The highest BCUT2D eigenvalue weighted by atomic mass is 16.1. The molecule has 1 fully saturated rings. The summed E-state index contributed by atoms with van der Waals surface area (Å²) < 4.78 is 0. The van der Waals surface area contributed by atoms with Crippen molar-refractivity contribution in [2.24, 2.45) is 0 Å². The SMILES string of the molecule is CCN(CC)C1CC1.N=C=O. The lowest BCUT2D eigenvalue weighted by atomic mass is 10.5. The molecular weight excluding hydrogens is 140 g/mol. The minimum Gasteiger partial charge on any atom is -0.301 e. The molecule has 0 atom stereocenters. The molecule has 64 valence electrons. The summed E-state index contributed by atoms with van der Waals surface area (Å²) in [6.07, 6.45) is 3.64. The first-order valence-electron chi connectivity index (χ1n) is 4.08. The standard InChI is InChI=1S/C7H15N.CHNO/c1-3-8(4-2)7-5-6-7;2-1-3/h7H,3-6H2,1-2H3;2H. The summed E-state index contributed by atoms with van der Waals surface area (Å²) in [7, 11) is 0. The van der Waals surface area contributed by atoms with Crippen molar-refractivity contribution in [1.82, 2.24) is 4.90 Å². The molecule has 0 saturated heterocycles. The molecule has 1 saturated carbocycles. The third kappa shape index (κ3) is 4.71. The van der Waals surface area contributed by atoms with E-state index >= 15 is 0 Å². The number of rotatable bonds is 3. The van der Waals surface area contributed by atoms with E-state index in [0.29, 0.717) is 0 Å². The molecule has 1 aliphatic rings. The van der Waals surface area contributed by atoms with E-state index < -0.39 is 0 Å². The van der Waals surface area contributed by atoms with Crippen LogP contribution in [0.2, 0.25) is 0 Å². The monoisotopic (exact) mass is 156 g/mol. The van der Waals surface area contributed by atoms with Crippen LogP contribution in [0, 0.1) is 5.41 Å². The average Bonchev–Trinajstić information content (AvgIpc) is 2.76. The van der Waals surface area contributed by atoms with Gasteiger partial charge >= 0.3 is 0 Å². The van der Waals surface area contributed by atoms with Gasteiger partial charge in [0.25, 0.3) is 0 Å². The minimum atomic E-state index is 0.750. The van der Waals surface area contributed by atoms with Crippen molar-refractivity contribution in [3.63, 3.8) is 0 Å². The van der Waals surface area contributed by atoms with Crippen LogP contribution < -0.4 is 0 Å². The summed E-state index contributed by atoms with van der Waals surface area (Å²) in [6, 6.07) is 0.963. The number of nitrogens with zero attached hydrogens (tertiary/aromatic N) is 1. The molecule has 0 heterocycles. The van der Waals surface area contributed by atoms with Gasteiger partial charge in [0.05, 0.1) is 0 Å². The summed E-state index contributed by atoms with van der Waals surface area (Å²) in [5.41, 5.74) is 0. The number of isocyanates is 1. The van der Waals surface area contributed by atoms with Gasteiger partial charge in [0.1, 0.15) is 0 Å². The first-order chi connectivity index (χ1) is 5.29. The predicted molar refractivity (Wildman–Crippen MR) is 44.4 cm³/mol. The molecule has 1 N–H and O–H groups in total. The summed E-state index contributed by atoms with van der Waals surface area (Å²) in [4.78, 5) is 10.9. The average molecular weight is 156 g/mol. The minimum absolute atomic E-state index is 0.750. The molecule has 0 spiro atoms. The van der Waals surface area contributed by atoms with Crippen molar-refractivity contribution in [2.75, 3.05) is 13.1 Å². The highest BCUT2D eigenvalue weighted by Gasteiger charge is 2.25. The lowest BCUT2D eigenvalue weighted by Gasteiger charge is -2.15. The maximum absolute atomic E-state index is 8.35. The van der Waals surface area contributed by atoms with Crippen molar-refractivity contribution in [3.8, 4) is 0 Å². The Morgan fingerprint density at radius 2 is 1.82 bits per heavy atom. The second kappa shape index (κ2) is 6.08. The van der Waals surface area contributed by atoms with Crippen LogP contribution in [-0.4, -0.2) is 30.1 Å².